The Bertz CT molecular complexity index is 528. The van der Waals surface area contributed by atoms with Crippen molar-refractivity contribution in [1.82, 2.24) is 5.43 Å². The highest BCUT2D eigenvalue weighted by atomic mass is 16.5. The topological polar surface area (TPSA) is 50.7 Å². The summed E-state index contributed by atoms with van der Waals surface area (Å²) in [6.07, 6.45) is 8.20. The van der Waals surface area contributed by atoms with Gasteiger partial charge in [-0.3, -0.25) is 4.79 Å². The van der Waals surface area contributed by atoms with Crippen LogP contribution >= 0.6 is 0 Å². The molecule has 0 radical (unpaired) electrons. The van der Waals surface area contributed by atoms with E-state index < -0.39 is 0 Å². The zero-order valence-electron chi connectivity index (χ0n) is 13.7. The van der Waals surface area contributed by atoms with E-state index in [0.717, 1.165) is 29.9 Å². The molecule has 1 aliphatic rings. The Balaban J connectivity index is 1.79. The average molecular weight is 302 g/mol. The van der Waals surface area contributed by atoms with Gasteiger partial charge in [0.2, 0.25) is 0 Å². The third-order valence-corrected chi connectivity index (χ3v) is 3.96. The Morgan fingerprint density at radius 2 is 1.82 bits per heavy atom. The molecule has 2 rings (SSSR count). The minimum atomic E-state index is -0.200. The number of amides is 1. The monoisotopic (exact) mass is 302 g/mol. The van der Waals surface area contributed by atoms with Crippen molar-refractivity contribution < 1.29 is 9.53 Å². The maximum absolute atomic E-state index is 11.8. The van der Waals surface area contributed by atoms with Crippen molar-refractivity contribution in [2.45, 2.75) is 58.8 Å². The van der Waals surface area contributed by atoms with Crippen LogP contribution in [-0.4, -0.2) is 18.2 Å². The number of carbonyl (C=O) groups excluding carboxylic acids is 1. The summed E-state index contributed by atoms with van der Waals surface area (Å²) in [4.78, 5) is 11.8. The van der Waals surface area contributed by atoms with Crippen LogP contribution in [0.25, 0.3) is 0 Å². The number of hydrogen-bond acceptors (Lipinski definition) is 3. The lowest BCUT2D eigenvalue weighted by molar-refractivity contribution is -0.123. The molecule has 0 saturated heterocycles. The molecule has 1 aliphatic carbocycles. The molecule has 0 atom stereocenters. The summed E-state index contributed by atoms with van der Waals surface area (Å²) in [7, 11) is 0. The number of ether oxygens (including phenoxy) is 1. The van der Waals surface area contributed by atoms with Crippen LogP contribution in [0.4, 0.5) is 0 Å². The van der Waals surface area contributed by atoms with Gasteiger partial charge in [0, 0.05) is 5.71 Å². The van der Waals surface area contributed by atoms with Crippen molar-refractivity contribution in [2.24, 2.45) is 5.10 Å². The molecule has 1 aromatic carbocycles. The highest BCUT2D eigenvalue weighted by Gasteiger charge is 2.07. The number of nitrogens with zero attached hydrogens (tertiary/aromatic N) is 1. The molecule has 4 nitrogen and oxygen atoms in total. The molecule has 4 heteroatoms. The molecule has 1 aromatic rings. The van der Waals surface area contributed by atoms with Gasteiger partial charge in [0.25, 0.3) is 5.91 Å². The van der Waals surface area contributed by atoms with Gasteiger partial charge in [-0.1, -0.05) is 37.0 Å². The zero-order valence-corrected chi connectivity index (χ0v) is 13.7. The number of benzene rings is 1. The van der Waals surface area contributed by atoms with Crippen LogP contribution in [0.5, 0.6) is 5.75 Å². The van der Waals surface area contributed by atoms with Crippen molar-refractivity contribution in [3.05, 3.63) is 29.3 Å². The Labute approximate surface area is 132 Å². The van der Waals surface area contributed by atoms with Crippen LogP contribution in [0, 0.1) is 13.8 Å². The fourth-order valence-electron chi connectivity index (χ4n) is 2.70. The molecule has 0 unspecified atom stereocenters. The first-order chi connectivity index (χ1) is 10.6. The van der Waals surface area contributed by atoms with Crippen LogP contribution in [0.2, 0.25) is 0 Å². The van der Waals surface area contributed by atoms with E-state index in [2.05, 4.69) is 10.5 Å². The predicted molar refractivity (Wildman–Crippen MR) is 89.3 cm³/mol. The van der Waals surface area contributed by atoms with E-state index in [4.69, 9.17) is 4.74 Å². The second-order valence-corrected chi connectivity index (χ2v) is 6.04. The fourth-order valence-corrected chi connectivity index (χ4v) is 2.70. The normalized spacial score (nSPS) is 15.6. The standard InChI is InChI=1S/C18H26N2O2/c1-14-10-11-17(15(2)12-14)22-13-18(21)20-19-16-8-6-4-3-5-7-9-16/h10-12H,3-9,13H2,1-2H3,(H,20,21). The number of rotatable bonds is 4. The molecule has 1 amide bonds. The molecule has 1 N–H and O–H groups in total. The van der Waals surface area contributed by atoms with Gasteiger partial charge in [-0.2, -0.15) is 5.10 Å². The van der Waals surface area contributed by atoms with Crippen molar-refractivity contribution in [1.29, 1.82) is 0 Å². The summed E-state index contributed by atoms with van der Waals surface area (Å²) in [6.45, 7) is 4.02. The van der Waals surface area contributed by atoms with E-state index in [1.807, 2.05) is 32.0 Å². The molecule has 0 spiro atoms. The van der Waals surface area contributed by atoms with Crippen molar-refractivity contribution in [3.8, 4) is 5.75 Å². The number of nitrogens with one attached hydrogen (secondary N) is 1. The number of hydrazone groups is 1. The maximum atomic E-state index is 11.8. The van der Waals surface area contributed by atoms with Gasteiger partial charge in [0.15, 0.2) is 6.61 Å². The van der Waals surface area contributed by atoms with Crippen LogP contribution in [0.3, 0.4) is 0 Å². The summed E-state index contributed by atoms with van der Waals surface area (Å²) in [5, 5.41) is 4.27. The van der Waals surface area contributed by atoms with Gasteiger partial charge < -0.3 is 4.74 Å². The van der Waals surface area contributed by atoms with Crippen molar-refractivity contribution >= 4 is 11.6 Å². The van der Waals surface area contributed by atoms with Gasteiger partial charge in [0.1, 0.15) is 5.75 Å². The molecule has 0 heterocycles. The number of aryl methyl sites for hydroxylation is 2. The Morgan fingerprint density at radius 1 is 1.14 bits per heavy atom. The first-order valence-corrected chi connectivity index (χ1v) is 8.19. The zero-order chi connectivity index (χ0) is 15.8. The SMILES string of the molecule is Cc1ccc(OCC(=O)NN=C2CCCCCCC2)c(C)c1. The largest absolute Gasteiger partial charge is 0.483 e. The lowest BCUT2D eigenvalue weighted by Crippen LogP contribution is -2.26. The van der Waals surface area contributed by atoms with E-state index in [-0.39, 0.29) is 12.5 Å². The first-order valence-electron chi connectivity index (χ1n) is 8.19. The molecule has 0 aliphatic heterocycles. The Hall–Kier alpha value is -1.84. The van der Waals surface area contributed by atoms with Gasteiger partial charge in [-0.15, -0.1) is 0 Å². The van der Waals surface area contributed by atoms with Crippen LogP contribution in [0.15, 0.2) is 23.3 Å². The van der Waals surface area contributed by atoms with E-state index in [1.165, 1.54) is 37.7 Å². The molecule has 0 bridgehead atoms. The smallest absolute Gasteiger partial charge is 0.277 e. The third kappa shape index (κ3) is 5.51. The third-order valence-electron chi connectivity index (χ3n) is 3.96. The molecule has 120 valence electrons. The molecule has 22 heavy (non-hydrogen) atoms. The molecule has 1 saturated carbocycles. The quantitative estimate of drug-likeness (QED) is 0.858. The fraction of sp³-hybridized carbons (Fsp3) is 0.556. The summed E-state index contributed by atoms with van der Waals surface area (Å²) >= 11 is 0. The Morgan fingerprint density at radius 3 is 2.50 bits per heavy atom. The highest BCUT2D eigenvalue weighted by Crippen LogP contribution is 2.18. The van der Waals surface area contributed by atoms with Crippen LogP contribution in [-0.2, 0) is 4.79 Å². The van der Waals surface area contributed by atoms with Gasteiger partial charge in [-0.25, -0.2) is 5.43 Å². The minimum absolute atomic E-state index is 0.000676. The summed E-state index contributed by atoms with van der Waals surface area (Å²) in [6, 6.07) is 5.93. The summed E-state index contributed by atoms with van der Waals surface area (Å²) < 4.78 is 5.56. The van der Waals surface area contributed by atoms with Crippen molar-refractivity contribution in [3.63, 3.8) is 0 Å². The summed E-state index contributed by atoms with van der Waals surface area (Å²) in [5.41, 5.74) is 5.96. The number of hydrogen-bond donors (Lipinski definition) is 1. The minimum Gasteiger partial charge on any atom is -0.483 e. The van der Waals surface area contributed by atoms with E-state index in [0.29, 0.717) is 0 Å². The second kappa shape index (κ2) is 8.57. The van der Waals surface area contributed by atoms with Gasteiger partial charge in [0.05, 0.1) is 0 Å². The number of carbonyl (C=O) groups is 1. The molecule has 0 aromatic heterocycles. The van der Waals surface area contributed by atoms with Crippen molar-refractivity contribution in [2.75, 3.05) is 6.61 Å². The van der Waals surface area contributed by atoms with Gasteiger partial charge in [-0.05, 0) is 51.2 Å². The average Bonchev–Trinajstić information content (AvgIpc) is 2.45. The maximum Gasteiger partial charge on any atom is 0.277 e. The van der Waals surface area contributed by atoms with E-state index in [1.54, 1.807) is 0 Å². The lowest BCUT2D eigenvalue weighted by atomic mass is 9.99. The van der Waals surface area contributed by atoms with E-state index >= 15 is 0 Å². The molecular formula is C18H26N2O2. The second-order valence-electron chi connectivity index (χ2n) is 6.04. The highest BCUT2D eigenvalue weighted by molar-refractivity contribution is 5.86. The van der Waals surface area contributed by atoms with Crippen LogP contribution in [0.1, 0.15) is 56.1 Å². The Kier molecular flexibility index (Phi) is 6.44. The lowest BCUT2D eigenvalue weighted by Gasteiger charge is -2.11. The predicted octanol–water partition coefficient (Wildman–Crippen LogP) is 3.90. The molecule has 1 fully saturated rings. The van der Waals surface area contributed by atoms with Gasteiger partial charge >= 0.3 is 0 Å². The summed E-state index contributed by atoms with van der Waals surface area (Å²) in [5.74, 6) is 0.550. The van der Waals surface area contributed by atoms with E-state index in [9.17, 15) is 4.79 Å². The first kappa shape index (κ1) is 16.5. The molecular weight excluding hydrogens is 276 g/mol. The van der Waals surface area contributed by atoms with Crippen LogP contribution < -0.4 is 10.2 Å².